The molecule has 0 radical (unpaired) electrons. The second-order valence-corrected chi connectivity index (χ2v) is 4.52. The summed E-state index contributed by atoms with van der Waals surface area (Å²) in [6.07, 6.45) is 0. The minimum absolute atomic E-state index is 0.976. The van der Waals surface area contributed by atoms with Crippen molar-refractivity contribution in [2.45, 2.75) is 4.90 Å². The van der Waals surface area contributed by atoms with E-state index >= 15 is 0 Å². The van der Waals surface area contributed by atoms with E-state index in [1.807, 2.05) is 12.1 Å². The van der Waals surface area contributed by atoms with Gasteiger partial charge >= 0.3 is 0 Å². The molecule has 0 unspecified atom stereocenters. The minimum atomic E-state index is 0.976. The number of nitrogens with zero attached hydrogens (tertiary/aromatic N) is 1. The molecular formula is C6H3Br2N2S-. The summed E-state index contributed by atoms with van der Waals surface area (Å²) in [4.78, 5) is 3.99. The molecule has 0 aromatic heterocycles. The second kappa shape index (κ2) is 2.97. The normalized spacial score (nSPS) is 14.4. The first kappa shape index (κ1) is 7.91. The van der Waals surface area contributed by atoms with Gasteiger partial charge in [-0.2, -0.15) is 0 Å². The Bertz CT molecular complexity index is 274. The highest BCUT2D eigenvalue weighted by atomic mass is 79.9. The Morgan fingerprint density at radius 3 is 2.73 bits per heavy atom. The van der Waals surface area contributed by atoms with Gasteiger partial charge in [-0.15, -0.1) is 0 Å². The molecule has 1 aliphatic rings. The van der Waals surface area contributed by atoms with Gasteiger partial charge in [-0.25, -0.2) is 0 Å². The molecule has 0 amide bonds. The standard InChI is InChI=1S/C6H3Br2N2S/c7-3-1-2-4(8)6-5(3)9-10-11-6/h1-2,10H/q-1. The molecule has 0 saturated carbocycles. The largest absolute Gasteiger partial charge is 0.610 e. The van der Waals surface area contributed by atoms with Gasteiger partial charge < -0.3 is 10.3 Å². The number of benzene rings is 1. The highest BCUT2D eigenvalue weighted by Crippen LogP contribution is 2.46. The Hall–Kier alpha value is 0.290. The summed E-state index contributed by atoms with van der Waals surface area (Å²) >= 11 is 8.37. The van der Waals surface area contributed by atoms with E-state index in [9.17, 15) is 0 Å². The first-order valence-corrected chi connectivity index (χ1v) is 5.30. The molecule has 2 nitrogen and oxygen atoms in total. The molecule has 1 aliphatic heterocycles. The summed E-state index contributed by atoms with van der Waals surface area (Å²) in [5.74, 6) is 0. The van der Waals surface area contributed by atoms with E-state index in [0.717, 1.165) is 19.5 Å². The highest BCUT2D eigenvalue weighted by Gasteiger charge is 2.07. The third kappa shape index (κ3) is 1.30. The number of fused-ring (bicyclic) bond motifs is 1. The molecule has 5 heteroatoms. The van der Waals surface area contributed by atoms with Gasteiger partial charge in [-0.05, 0) is 28.1 Å². The topological polar surface area (TPSA) is 26.1 Å². The van der Waals surface area contributed by atoms with Crippen LogP contribution >= 0.6 is 43.8 Å². The van der Waals surface area contributed by atoms with Crippen molar-refractivity contribution in [3.63, 3.8) is 0 Å². The SMILES string of the molecule is Brc1ccc(Br)c2c1[N-]NS2. The molecule has 1 aromatic carbocycles. The van der Waals surface area contributed by atoms with E-state index < -0.39 is 0 Å². The van der Waals surface area contributed by atoms with Gasteiger partial charge in [-0.3, -0.25) is 0 Å². The lowest BCUT2D eigenvalue weighted by atomic mass is 10.3. The Morgan fingerprint density at radius 2 is 2.00 bits per heavy atom. The van der Waals surface area contributed by atoms with Crippen LogP contribution in [0, 0.1) is 0 Å². The third-order valence-electron chi connectivity index (χ3n) is 1.34. The molecule has 0 saturated heterocycles. The van der Waals surface area contributed by atoms with Crippen LogP contribution in [-0.2, 0) is 0 Å². The number of hydrogen-bond acceptors (Lipinski definition) is 2. The van der Waals surface area contributed by atoms with E-state index in [4.69, 9.17) is 0 Å². The van der Waals surface area contributed by atoms with E-state index in [1.165, 1.54) is 11.9 Å². The summed E-state index contributed by atoms with van der Waals surface area (Å²) in [5, 5.41) is 0. The van der Waals surface area contributed by atoms with Crippen molar-refractivity contribution in [3.05, 3.63) is 26.5 Å². The first-order valence-electron chi connectivity index (χ1n) is 2.89. The van der Waals surface area contributed by atoms with Gasteiger partial charge in [0.05, 0.1) is 0 Å². The van der Waals surface area contributed by atoms with Crippen molar-refractivity contribution < 1.29 is 0 Å². The van der Waals surface area contributed by atoms with Crippen LogP contribution in [0.5, 0.6) is 0 Å². The van der Waals surface area contributed by atoms with Crippen LogP contribution in [0.1, 0.15) is 0 Å². The van der Waals surface area contributed by atoms with E-state index in [2.05, 4.69) is 42.1 Å². The maximum atomic E-state index is 4.10. The van der Waals surface area contributed by atoms with Crippen LogP contribution in [-0.4, -0.2) is 0 Å². The average Bonchev–Trinajstić information content (AvgIpc) is 2.45. The van der Waals surface area contributed by atoms with E-state index in [1.54, 1.807) is 0 Å². The zero-order valence-corrected chi connectivity index (χ0v) is 9.25. The lowest BCUT2D eigenvalue weighted by Gasteiger charge is -2.13. The van der Waals surface area contributed by atoms with Gasteiger partial charge in [-0.1, -0.05) is 33.6 Å². The van der Waals surface area contributed by atoms with Crippen LogP contribution in [0.15, 0.2) is 26.0 Å². The lowest BCUT2D eigenvalue weighted by Crippen LogP contribution is -1.80. The molecule has 58 valence electrons. The van der Waals surface area contributed by atoms with Crippen LogP contribution in [0.2, 0.25) is 0 Å². The van der Waals surface area contributed by atoms with Crippen LogP contribution in [0.25, 0.3) is 5.43 Å². The van der Waals surface area contributed by atoms with Crippen molar-refractivity contribution in [1.29, 1.82) is 0 Å². The first-order chi connectivity index (χ1) is 5.29. The Labute approximate surface area is 85.5 Å². The number of hydrogen-bond donors (Lipinski definition) is 1. The quantitative estimate of drug-likeness (QED) is 0.738. The van der Waals surface area contributed by atoms with Gasteiger partial charge in [0, 0.05) is 13.8 Å². The van der Waals surface area contributed by atoms with Crippen molar-refractivity contribution in [1.82, 2.24) is 4.83 Å². The van der Waals surface area contributed by atoms with Gasteiger partial charge in [0.25, 0.3) is 0 Å². The Kier molecular flexibility index (Phi) is 2.14. The summed E-state index contributed by atoms with van der Waals surface area (Å²) in [7, 11) is 0. The molecule has 1 N–H and O–H groups in total. The molecule has 1 aromatic rings. The van der Waals surface area contributed by atoms with Gasteiger partial charge in [0.1, 0.15) is 0 Å². The fraction of sp³-hybridized carbons (Fsp3) is 0. The number of nitrogens with one attached hydrogen (secondary N) is 1. The molecule has 0 bridgehead atoms. The molecule has 1 heterocycles. The summed E-state index contributed by atoms with van der Waals surface area (Å²) in [6.45, 7) is 0. The summed E-state index contributed by atoms with van der Waals surface area (Å²) in [5.41, 5.74) is 5.07. The summed E-state index contributed by atoms with van der Waals surface area (Å²) in [6, 6.07) is 3.97. The van der Waals surface area contributed by atoms with Crippen molar-refractivity contribution in [2.24, 2.45) is 0 Å². The molecule has 0 aliphatic carbocycles. The average molecular weight is 295 g/mol. The smallest absolute Gasteiger partial charge is 0.0312 e. The van der Waals surface area contributed by atoms with Crippen LogP contribution < -0.4 is 4.83 Å². The molecular weight excluding hydrogens is 292 g/mol. The van der Waals surface area contributed by atoms with Crippen LogP contribution in [0.3, 0.4) is 0 Å². The van der Waals surface area contributed by atoms with Crippen LogP contribution in [0.4, 0.5) is 5.69 Å². The Morgan fingerprint density at radius 1 is 1.27 bits per heavy atom. The monoisotopic (exact) mass is 293 g/mol. The van der Waals surface area contributed by atoms with Gasteiger partial charge in [0.15, 0.2) is 0 Å². The minimum Gasteiger partial charge on any atom is -0.610 e. The number of halogens is 2. The van der Waals surface area contributed by atoms with E-state index in [0.29, 0.717) is 0 Å². The molecule has 0 atom stereocenters. The van der Waals surface area contributed by atoms with Gasteiger partial charge in [0.2, 0.25) is 0 Å². The van der Waals surface area contributed by atoms with Crippen molar-refractivity contribution >= 4 is 49.5 Å². The van der Waals surface area contributed by atoms with E-state index in [-0.39, 0.29) is 0 Å². The molecule has 2 rings (SSSR count). The molecule has 0 spiro atoms. The van der Waals surface area contributed by atoms with Crippen molar-refractivity contribution in [2.75, 3.05) is 0 Å². The predicted molar refractivity (Wildman–Crippen MR) is 53.9 cm³/mol. The predicted octanol–water partition coefficient (Wildman–Crippen LogP) is 3.74. The molecule has 11 heavy (non-hydrogen) atoms. The fourth-order valence-electron chi connectivity index (χ4n) is 0.838. The molecule has 0 fully saturated rings. The zero-order valence-electron chi connectivity index (χ0n) is 5.27. The fourth-order valence-corrected chi connectivity index (χ4v) is 2.60. The maximum absolute atomic E-state index is 4.10. The Balaban J connectivity index is 2.64. The second-order valence-electron chi connectivity index (χ2n) is 2.01. The highest BCUT2D eigenvalue weighted by molar-refractivity contribution is 9.11. The lowest BCUT2D eigenvalue weighted by molar-refractivity contribution is 1.34. The van der Waals surface area contributed by atoms with Crippen molar-refractivity contribution in [3.8, 4) is 0 Å². The number of rotatable bonds is 0. The maximum Gasteiger partial charge on any atom is 0.0312 e. The summed E-state index contributed by atoms with van der Waals surface area (Å²) < 4.78 is 2.10. The zero-order chi connectivity index (χ0) is 7.84. The third-order valence-corrected chi connectivity index (χ3v) is 3.70.